The Morgan fingerprint density at radius 3 is 2.00 bits per heavy atom. The van der Waals surface area contributed by atoms with Gasteiger partial charge in [-0.25, -0.2) is 8.42 Å². The fourth-order valence-electron chi connectivity index (χ4n) is 1.63. The van der Waals surface area contributed by atoms with Gasteiger partial charge in [0.25, 0.3) is 0 Å². The average Bonchev–Trinajstić information content (AvgIpc) is 2.12. The Morgan fingerprint density at radius 1 is 1.08 bits per heavy atom. The summed E-state index contributed by atoms with van der Waals surface area (Å²) in [5.74, 6) is 0. The lowest BCUT2D eigenvalue weighted by Gasteiger charge is -2.10. The fourth-order valence-corrected chi connectivity index (χ4v) is 2.39. The van der Waals surface area contributed by atoms with Crippen LogP contribution in [0.3, 0.4) is 0 Å². The first kappa shape index (κ1) is 9.99. The van der Waals surface area contributed by atoms with Crippen LogP contribution in [0.25, 0.3) is 0 Å². The van der Waals surface area contributed by atoms with E-state index < -0.39 is 10.0 Å². The van der Waals surface area contributed by atoms with Crippen LogP contribution in [0.15, 0.2) is 0 Å². The van der Waals surface area contributed by atoms with Crippen LogP contribution in [0.2, 0.25) is 0 Å². The van der Waals surface area contributed by atoms with E-state index in [2.05, 4.69) is 4.72 Å². The molecule has 0 aromatic heterocycles. The summed E-state index contributed by atoms with van der Waals surface area (Å²) in [7, 11) is -3.11. The first-order valence-corrected chi connectivity index (χ1v) is 6.35. The number of rotatable bonds is 2. The molecule has 0 atom stereocenters. The van der Waals surface area contributed by atoms with Crippen molar-refractivity contribution in [3.8, 4) is 0 Å². The van der Waals surface area contributed by atoms with Crippen LogP contribution in [-0.4, -0.2) is 20.7 Å². The Balaban J connectivity index is 2.40. The second-order valence-corrected chi connectivity index (χ2v) is 5.16. The molecule has 0 aromatic carbocycles. The molecule has 71 valence electrons. The van der Waals surface area contributed by atoms with Gasteiger partial charge in [0.05, 0.1) is 6.26 Å². The predicted octanol–water partition coefficient (Wildman–Crippen LogP) is 1.27. The summed E-state index contributed by atoms with van der Waals surface area (Å²) >= 11 is 0. The predicted molar refractivity (Wildman–Crippen MR) is 48.5 cm³/mol. The molecule has 0 aromatic rings. The summed E-state index contributed by atoms with van der Waals surface area (Å²) < 4.78 is 25.5. The molecule has 0 aliphatic heterocycles. The highest BCUT2D eigenvalue weighted by molar-refractivity contribution is 7.88. The Labute approximate surface area is 74.6 Å². The second kappa shape index (κ2) is 4.23. The van der Waals surface area contributed by atoms with Gasteiger partial charge in [-0.1, -0.05) is 25.7 Å². The highest BCUT2D eigenvalue weighted by Crippen LogP contribution is 2.18. The van der Waals surface area contributed by atoms with Crippen LogP contribution in [0, 0.1) is 0 Å². The molecule has 1 aliphatic carbocycles. The number of sulfonamides is 1. The van der Waals surface area contributed by atoms with Gasteiger partial charge in [-0.15, -0.1) is 4.72 Å². The van der Waals surface area contributed by atoms with Gasteiger partial charge in [0, 0.05) is 6.04 Å². The summed E-state index contributed by atoms with van der Waals surface area (Å²) in [4.78, 5) is 0. The van der Waals surface area contributed by atoms with E-state index in [0.717, 1.165) is 25.7 Å². The van der Waals surface area contributed by atoms with Gasteiger partial charge in [0.1, 0.15) is 0 Å². The molecule has 0 saturated heterocycles. The van der Waals surface area contributed by atoms with Gasteiger partial charge in [-0.3, -0.25) is 0 Å². The van der Waals surface area contributed by atoms with Crippen molar-refractivity contribution < 1.29 is 8.42 Å². The lowest BCUT2D eigenvalue weighted by Crippen LogP contribution is -2.26. The van der Waals surface area contributed by atoms with E-state index in [1.54, 1.807) is 0 Å². The van der Waals surface area contributed by atoms with Crippen LogP contribution >= 0.6 is 0 Å². The third-order valence-electron chi connectivity index (χ3n) is 2.17. The zero-order valence-corrected chi connectivity index (χ0v) is 8.31. The van der Waals surface area contributed by atoms with Crippen LogP contribution in [0.5, 0.6) is 0 Å². The minimum Gasteiger partial charge on any atom is -0.211 e. The molecule has 0 spiro atoms. The van der Waals surface area contributed by atoms with E-state index in [4.69, 9.17) is 0 Å². The van der Waals surface area contributed by atoms with Crippen molar-refractivity contribution in [3.63, 3.8) is 0 Å². The van der Waals surface area contributed by atoms with Crippen molar-refractivity contribution in [2.75, 3.05) is 6.26 Å². The molecule has 0 N–H and O–H groups in total. The molecular weight excluding hydrogens is 174 g/mol. The summed E-state index contributed by atoms with van der Waals surface area (Å²) in [6, 6.07) is 0.0718. The molecule has 0 unspecified atom stereocenters. The van der Waals surface area contributed by atoms with Crippen molar-refractivity contribution in [2.45, 2.75) is 44.6 Å². The maximum absolute atomic E-state index is 10.8. The molecule has 1 aliphatic rings. The topological polar surface area (TPSA) is 48.2 Å². The second-order valence-electron chi connectivity index (χ2n) is 3.48. The summed E-state index contributed by atoms with van der Waals surface area (Å²) in [5.41, 5.74) is 0. The fraction of sp³-hybridized carbons (Fsp3) is 1.00. The Morgan fingerprint density at radius 2 is 1.58 bits per heavy atom. The van der Waals surface area contributed by atoms with Gasteiger partial charge in [-0.2, -0.15) is 0 Å². The normalized spacial score (nSPS) is 22.1. The Kier molecular flexibility index (Phi) is 3.53. The van der Waals surface area contributed by atoms with Crippen molar-refractivity contribution in [1.82, 2.24) is 4.72 Å². The van der Waals surface area contributed by atoms with Gasteiger partial charge < -0.3 is 0 Å². The summed E-state index contributed by atoms with van der Waals surface area (Å²) in [6.07, 6.45) is 7.80. The maximum atomic E-state index is 10.8. The monoisotopic (exact) mass is 190 g/mol. The van der Waals surface area contributed by atoms with Gasteiger partial charge in [-0.05, 0) is 12.8 Å². The lowest BCUT2D eigenvalue weighted by atomic mass is 10.1. The minimum absolute atomic E-state index is 0.0718. The summed E-state index contributed by atoms with van der Waals surface area (Å²) in [6.45, 7) is 0. The molecule has 0 bridgehead atoms. The number of hydrogen-bond donors (Lipinski definition) is 0. The van der Waals surface area contributed by atoms with E-state index in [1.807, 2.05) is 0 Å². The molecular formula is C8H16NO2S. The SMILES string of the molecule is CS(=O)(=O)[N]C1CCCCCC1. The molecule has 1 saturated carbocycles. The standard InChI is InChI=1S/C8H16NO2S/c1-12(10,11)9-8-6-4-2-3-5-7-8/h8H,2-7H2,1H3. The van der Waals surface area contributed by atoms with E-state index in [0.29, 0.717) is 0 Å². The quantitative estimate of drug-likeness (QED) is 0.616. The van der Waals surface area contributed by atoms with Crippen LogP contribution in [-0.2, 0) is 10.0 Å². The maximum Gasteiger partial charge on any atom is 0.225 e. The van der Waals surface area contributed by atoms with Crippen LogP contribution in [0.4, 0.5) is 0 Å². The van der Waals surface area contributed by atoms with Crippen molar-refractivity contribution >= 4 is 10.0 Å². The smallest absolute Gasteiger partial charge is 0.211 e. The highest BCUT2D eigenvalue weighted by atomic mass is 32.2. The first-order chi connectivity index (χ1) is 5.58. The molecule has 0 heterocycles. The molecule has 1 rings (SSSR count). The van der Waals surface area contributed by atoms with Crippen molar-refractivity contribution in [1.29, 1.82) is 0 Å². The molecule has 1 radical (unpaired) electrons. The third kappa shape index (κ3) is 4.07. The van der Waals surface area contributed by atoms with Crippen LogP contribution < -0.4 is 4.72 Å². The molecule has 0 amide bonds. The summed E-state index contributed by atoms with van der Waals surface area (Å²) in [5, 5.41) is 0. The molecule has 3 nitrogen and oxygen atoms in total. The Bertz CT molecular complexity index is 215. The number of hydrogen-bond acceptors (Lipinski definition) is 2. The van der Waals surface area contributed by atoms with Gasteiger partial charge in [0.2, 0.25) is 10.0 Å². The molecule has 12 heavy (non-hydrogen) atoms. The van der Waals surface area contributed by atoms with Crippen molar-refractivity contribution in [2.24, 2.45) is 0 Å². The van der Waals surface area contributed by atoms with E-state index in [9.17, 15) is 8.42 Å². The average molecular weight is 190 g/mol. The Hall–Kier alpha value is -0.0900. The number of nitrogens with zero attached hydrogens (tertiary/aromatic N) is 1. The van der Waals surface area contributed by atoms with E-state index >= 15 is 0 Å². The van der Waals surface area contributed by atoms with Gasteiger partial charge in [0.15, 0.2) is 0 Å². The largest absolute Gasteiger partial charge is 0.225 e. The van der Waals surface area contributed by atoms with E-state index in [-0.39, 0.29) is 6.04 Å². The molecule has 1 fully saturated rings. The molecule has 4 heteroatoms. The third-order valence-corrected chi connectivity index (χ3v) is 2.85. The van der Waals surface area contributed by atoms with Crippen molar-refractivity contribution in [3.05, 3.63) is 0 Å². The van der Waals surface area contributed by atoms with Gasteiger partial charge >= 0.3 is 0 Å². The zero-order chi connectivity index (χ0) is 9.03. The zero-order valence-electron chi connectivity index (χ0n) is 7.49. The first-order valence-electron chi connectivity index (χ1n) is 4.50. The highest BCUT2D eigenvalue weighted by Gasteiger charge is 2.17. The minimum atomic E-state index is -3.11. The lowest BCUT2D eigenvalue weighted by molar-refractivity contribution is 0.508. The van der Waals surface area contributed by atoms with Crippen LogP contribution in [0.1, 0.15) is 38.5 Å². The van der Waals surface area contributed by atoms with E-state index in [1.165, 1.54) is 19.1 Å².